The van der Waals surface area contributed by atoms with E-state index in [4.69, 9.17) is 20.4 Å². The second kappa shape index (κ2) is 5.83. The molecular formula is C9H12O8. The van der Waals surface area contributed by atoms with Gasteiger partial charge in [-0.2, -0.15) is 0 Å². The van der Waals surface area contributed by atoms with E-state index in [2.05, 4.69) is 0 Å². The molecule has 0 aromatic heterocycles. The maximum absolute atomic E-state index is 10.9. The van der Waals surface area contributed by atoms with E-state index < -0.39 is 41.6 Å². The Labute approximate surface area is 95.5 Å². The van der Waals surface area contributed by atoms with Crippen LogP contribution in [0.1, 0.15) is 13.3 Å². The Morgan fingerprint density at radius 1 is 0.824 bits per heavy atom. The van der Waals surface area contributed by atoms with E-state index in [1.165, 1.54) is 6.92 Å². The van der Waals surface area contributed by atoms with E-state index >= 15 is 0 Å². The van der Waals surface area contributed by atoms with Crippen molar-refractivity contribution in [3.8, 4) is 0 Å². The van der Waals surface area contributed by atoms with Crippen molar-refractivity contribution in [2.45, 2.75) is 13.3 Å². The van der Waals surface area contributed by atoms with Crippen LogP contribution in [0.5, 0.6) is 0 Å². The van der Waals surface area contributed by atoms with Gasteiger partial charge in [0.1, 0.15) is 0 Å². The molecule has 8 nitrogen and oxygen atoms in total. The fourth-order valence-corrected chi connectivity index (χ4v) is 1.54. The predicted octanol–water partition coefficient (Wildman–Crippen LogP) is -0.417. The summed E-state index contributed by atoms with van der Waals surface area (Å²) in [5, 5.41) is 34.9. The van der Waals surface area contributed by atoms with Crippen molar-refractivity contribution >= 4 is 23.9 Å². The van der Waals surface area contributed by atoms with Gasteiger partial charge in [-0.25, -0.2) is 0 Å². The van der Waals surface area contributed by atoms with Crippen molar-refractivity contribution in [3.05, 3.63) is 0 Å². The van der Waals surface area contributed by atoms with Crippen LogP contribution in [-0.4, -0.2) is 44.3 Å². The first-order valence-electron chi connectivity index (χ1n) is 4.65. The zero-order valence-electron chi connectivity index (χ0n) is 8.86. The molecule has 0 aliphatic carbocycles. The summed E-state index contributed by atoms with van der Waals surface area (Å²) in [5.74, 6) is -12.9. The van der Waals surface area contributed by atoms with Crippen molar-refractivity contribution in [1.29, 1.82) is 0 Å². The molecular weight excluding hydrogens is 236 g/mol. The van der Waals surface area contributed by atoms with Gasteiger partial charge in [0.15, 0.2) is 5.92 Å². The quantitative estimate of drug-likeness (QED) is 0.444. The topological polar surface area (TPSA) is 149 Å². The fourth-order valence-electron chi connectivity index (χ4n) is 1.54. The number of hydrogen-bond acceptors (Lipinski definition) is 4. The molecule has 0 bridgehead atoms. The van der Waals surface area contributed by atoms with Crippen LogP contribution in [0.15, 0.2) is 0 Å². The molecule has 0 heterocycles. The number of hydrogen-bond donors (Lipinski definition) is 4. The zero-order valence-corrected chi connectivity index (χ0v) is 8.86. The summed E-state index contributed by atoms with van der Waals surface area (Å²) in [4.78, 5) is 43.0. The summed E-state index contributed by atoms with van der Waals surface area (Å²) in [7, 11) is 0. The Morgan fingerprint density at radius 2 is 1.24 bits per heavy atom. The molecule has 96 valence electrons. The molecule has 8 heteroatoms. The molecule has 0 spiro atoms. The molecule has 0 aliphatic heterocycles. The average Bonchev–Trinajstić information content (AvgIpc) is 2.15. The molecule has 0 radical (unpaired) electrons. The molecule has 0 amide bonds. The minimum Gasteiger partial charge on any atom is -0.481 e. The third-order valence-corrected chi connectivity index (χ3v) is 2.37. The maximum atomic E-state index is 10.9. The molecule has 0 aliphatic rings. The number of aliphatic carboxylic acids is 4. The van der Waals surface area contributed by atoms with Crippen LogP contribution in [-0.2, 0) is 19.2 Å². The first-order chi connectivity index (χ1) is 7.73. The van der Waals surface area contributed by atoms with Crippen LogP contribution in [0.3, 0.4) is 0 Å². The molecule has 0 saturated carbocycles. The van der Waals surface area contributed by atoms with E-state index in [0.717, 1.165) is 0 Å². The van der Waals surface area contributed by atoms with Gasteiger partial charge in [0.25, 0.3) is 0 Å². The smallest absolute Gasteiger partial charge is 0.318 e. The highest BCUT2D eigenvalue weighted by Crippen LogP contribution is 2.26. The highest BCUT2D eigenvalue weighted by atomic mass is 16.4. The van der Waals surface area contributed by atoms with E-state index in [9.17, 15) is 19.2 Å². The van der Waals surface area contributed by atoms with E-state index in [-0.39, 0.29) is 6.42 Å². The fraction of sp³-hybridized carbons (Fsp3) is 0.556. The summed E-state index contributed by atoms with van der Waals surface area (Å²) in [6.07, 6.45) is -0.177. The van der Waals surface area contributed by atoms with Gasteiger partial charge in [-0.1, -0.05) is 6.92 Å². The van der Waals surface area contributed by atoms with Gasteiger partial charge >= 0.3 is 23.9 Å². The second-order valence-electron chi connectivity index (χ2n) is 3.37. The Balaban J connectivity index is 5.47. The lowest BCUT2D eigenvalue weighted by Gasteiger charge is -2.22. The van der Waals surface area contributed by atoms with E-state index in [1.54, 1.807) is 0 Å². The molecule has 0 fully saturated rings. The van der Waals surface area contributed by atoms with Crippen molar-refractivity contribution in [3.63, 3.8) is 0 Å². The molecule has 0 aromatic rings. The molecule has 17 heavy (non-hydrogen) atoms. The van der Waals surface area contributed by atoms with Crippen LogP contribution < -0.4 is 0 Å². The van der Waals surface area contributed by atoms with Crippen LogP contribution in [0, 0.1) is 17.8 Å². The van der Waals surface area contributed by atoms with Gasteiger partial charge in [-0.3, -0.25) is 19.2 Å². The Hall–Kier alpha value is -2.12. The van der Waals surface area contributed by atoms with Gasteiger partial charge in [0.05, 0.1) is 11.8 Å². The Bertz CT molecular complexity index is 333. The SMILES string of the molecule is CCC(C(=O)O)C(C(=O)O)C(C(=O)O)C(=O)O. The summed E-state index contributed by atoms with van der Waals surface area (Å²) in [6, 6.07) is 0. The third-order valence-electron chi connectivity index (χ3n) is 2.37. The van der Waals surface area contributed by atoms with Crippen LogP contribution in [0.2, 0.25) is 0 Å². The van der Waals surface area contributed by atoms with Crippen molar-refractivity contribution < 1.29 is 39.6 Å². The predicted molar refractivity (Wildman–Crippen MR) is 51.3 cm³/mol. The van der Waals surface area contributed by atoms with E-state index in [0.29, 0.717) is 0 Å². The summed E-state index contributed by atoms with van der Waals surface area (Å²) >= 11 is 0. The minimum atomic E-state index is -2.28. The lowest BCUT2D eigenvalue weighted by molar-refractivity contribution is -0.169. The molecule has 0 aromatic carbocycles. The normalized spacial score (nSPS) is 14.0. The van der Waals surface area contributed by atoms with Gasteiger partial charge < -0.3 is 20.4 Å². The molecule has 2 atom stereocenters. The van der Waals surface area contributed by atoms with Gasteiger partial charge in [0.2, 0.25) is 0 Å². The Morgan fingerprint density at radius 3 is 1.41 bits per heavy atom. The highest BCUT2D eigenvalue weighted by Gasteiger charge is 2.46. The number of carboxylic acids is 4. The standard InChI is InChI=1S/C9H12O8/c1-2-3(6(10)11)4(7(12)13)5(8(14)15)9(16)17/h3-5H,2H2,1H3,(H,10,11)(H,12,13)(H,14,15)(H,16,17). The third kappa shape index (κ3) is 3.44. The summed E-state index contributed by atoms with van der Waals surface area (Å²) in [6.45, 7) is 1.34. The molecule has 0 rings (SSSR count). The van der Waals surface area contributed by atoms with Gasteiger partial charge in [-0.05, 0) is 6.42 Å². The summed E-state index contributed by atoms with van der Waals surface area (Å²) < 4.78 is 0. The minimum absolute atomic E-state index is 0.177. The lowest BCUT2D eigenvalue weighted by atomic mass is 9.80. The van der Waals surface area contributed by atoms with Crippen molar-refractivity contribution in [2.24, 2.45) is 17.8 Å². The van der Waals surface area contributed by atoms with E-state index in [1.807, 2.05) is 0 Å². The monoisotopic (exact) mass is 248 g/mol. The second-order valence-corrected chi connectivity index (χ2v) is 3.37. The van der Waals surface area contributed by atoms with Gasteiger partial charge in [0, 0.05) is 0 Å². The number of carboxylic acid groups (broad SMARTS) is 4. The molecule has 4 N–H and O–H groups in total. The maximum Gasteiger partial charge on any atom is 0.318 e. The Kier molecular flexibility index (Phi) is 5.10. The highest BCUT2D eigenvalue weighted by molar-refractivity contribution is 5.98. The first-order valence-corrected chi connectivity index (χ1v) is 4.65. The summed E-state index contributed by atoms with van der Waals surface area (Å²) in [5.41, 5.74) is 0. The molecule has 0 saturated heterocycles. The van der Waals surface area contributed by atoms with Crippen molar-refractivity contribution in [2.75, 3.05) is 0 Å². The molecule has 2 unspecified atom stereocenters. The first kappa shape index (κ1) is 14.9. The zero-order chi connectivity index (χ0) is 13.7. The number of rotatable bonds is 7. The van der Waals surface area contributed by atoms with Crippen LogP contribution >= 0.6 is 0 Å². The van der Waals surface area contributed by atoms with Gasteiger partial charge in [-0.15, -0.1) is 0 Å². The average molecular weight is 248 g/mol. The van der Waals surface area contributed by atoms with Crippen LogP contribution in [0.25, 0.3) is 0 Å². The van der Waals surface area contributed by atoms with Crippen LogP contribution in [0.4, 0.5) is 0 Å². The largest absolute Gasteiger partial charge is 0.481 e. The lowest BCUT2D eigenvalue weighted by Crippen LogP contribution is -2.42. The number of carbonyl (C=O) groups is 4. The van der Waals surface area contributed by atoms with Crippen molar-refractivity contribution in [1.82, 2.24) is 0 Å².